The van der Waals surface area contributed by atoms with Crippen molar-refractivity contribution in [1.82, 2.24) is 0 Å². The minimum Gasteiger partial charge on any atom is -0.392 e. The summed E-state index contributed by atoms with van der Waals surface area (Å²) in [6.07, 6.45) is 3.65. The first kappa shape index (κ1) is 7.07. The highest BCUT2D eigenvalue weighted by Crippen LogP contribution is 2.47. The third-order valence-corrected chi connectivity index (χ3v) is 2.65. The van der Waals surface area contributed by atoms with Gasteiger partial charge in [-0.2, -0.15) is 0 Å². The molecule has 2 rings (SSSR count). The van der Waals surface area contributed by atoms with Crippen molar-refractivity contribution in [2.75, 3.05) is 0 Å². The van der Waals surface area contributed by atoms with Gasteiger partial charge in [-0.25, -0.2) is 0 Å². The summed E-state index contributed by atoms with van der Waals surface area (Å²) in [6.45, 7) is 7.33. The molecule has 0 aromatic rings. The lowest BCUT2D eigenvalue weighted by Gasteiger charge is -2.17. The number of aliphatic hydroxyl groups is 1. The largest absolute Gasteiger partial charge is 0.392 e. The summed E-state index contributed by atoms with van der Waals surface area (Å²) < 4.78 is 5.33. The summed E-state index contributed by atoms with van der Waals surface area (Å²) in [5.74, 6) is 0.228. The quantitative estimate of drug-likeness (QED) is 0.467. The van der Waals surface area contributed by atoms with E-state index in [4.69, 9.17) is 4.74 Å². The Morgan fingerprint density at radius 1 is 1.09 bits per heavy atom. The third-order valence-electron chi connectivity index (χ3n) is 2.65. The molecule has 0 amide bonds. The number of hydrogen-bond donors (Lipinski definition) is 1. The molecule has 2 heteroatoms. The van der Waals surface area contributed by atoms with Gasteiger partial charge >= 0.3 is 0 Å². The summed E-state index contributed by atoms with van der Waals surface area (Å²) >= 11 is 0. The maximum atomic E-state index is 9.63. The first-order valence-electron chi connectivity index (χ1n) is 3.88. The van der Waals surface area contributed by atoms with E-state index in [0.717, 1.165) is 0 Å². The van der Waals surface area contributed by atoms with Crippen LogP contribution in [0.4, 0.5) is 0 Å². The van der Waals surface area contributed by atoms with Crippen LogP contribution in [0.15, 0.2) is 25.3 Å². The molecule has 0 aromatic heterocycles. The highest BCUT2D eigenvalue weighted by atomic mass is 16.6. The highest BCUT2D eigenvalue weighted by Gasteiger charge is 2.59. The normalized spacial score (nSPS) is 53.4. The van der Waals surface area contributed by atoms with Gasteiger partial charge in [0.1, 0.15) is 0 Å². The van der Waals surface area contributed by atoms with E-state index in [0.29, 0.717) is 0 Å². The van der Waals surface area contributed by atoms with Crippen LogP contribution in [0.25, 0.3) is 0 Å². The van der Waals surface area contributed by atoms with E-state index >= 15 is 0 Å². The van der Waals surface area contributed by atoms with E-state index < -0.39 is 0 Å². The van der Waals surface area contributed by atoms with Gasteiger partial charge in [0.15, 0.2) is 0 Å². The van der Waals surface area contributed by atoms with Crippen LogP contribution in [-0.2, 0) is 4.74 Å². The van der Waals surface area contributed by atoms with Gasteiger partial charge in [-0.05, 0) is 0 Å². The Kier molecular flexibility index (Phi) is 1.41. The van der Waals surface area contributed by atoms with Gasteiger partial charge in [-0.15, -0.1) is 13.2 Å². The molecule has 0 aromatic carbocycles. The van der Waals surface area contributed by atoms with Crippen LogP contribution in [0.1, 0.15) is 0 Å². The molecular weight excluding hydrogens is 140 g/mol. The molecule has 11 heavy (non-hydrogen) atoms. The van der Waals surface area contributed by atoms with Crippen LogP contribution in [0.2, 0.25) is 0 Å². The maximum Gasteiger partial charge on any atom is 0.0936 e. The second-order valence-corrected chi connectivity index (χ2v) is 3.18. The average molecular weight is 152 g/mol. The standard InChI is InChI=1S/C9H12O2/c1-3-5-7(10)6(4-2)9-8(5)11-9/h3-10H,1-2H2. The predicted octanol–water partition coefficient (Wildman–Crippen LogP) is 0.733. The maximum absolute atomic E-state index is 9.63. The summed E-state index contributed by atoms with van der Waals surface area (Å²) in [4.78, 5) is 0. The zero-order valence-corrected chi connectivity index (χ0v) is 6.31. The number of aliphatic hydroxyl groups excluding tert-OH is 1. The molecule has 0 radical (unpaired) electrons. The molecule has 1 N–H and O–H groups in total. The van der Waals surface area contributed by atoms with Crippen molar-refractivity contribution >= 4 is 0 Å². The zero-order chi connectivity index (χ0) is 8.01. The van der Waals surface area contributed by atoms with Gasteiger partial charge in [0.2, 0.25) is 0 Å². The molecule has 0 bridgehead atoms. The number of hydrogen-bond acceptors (Lipinski definition) is 2. The molecule has 1 saturated carbocycles. The smallest absolute Gasteiger partial charge is 0.0936 e. The van der Waals surface area contributed by atoms with Crippen molar-refractivity contribution in [3.63, 3.8) is 0 Å². The Bertz CT molecular complexity index is 180. The molecule has 4 atom stereocenters. The summed E-state index contributed by atoms with van der Waals surface area (Å²) in [6, 6.07) is 0. The van der Waals surface area contributed by atoms with E-state index in [1.54, 1.807) is 12.2 Å². The van der Waals surface area contributed by atoms with Crippen molar-refractivity contribution in [3.8, 4) is 0 Å². The molecule has 4 unspecified atom stereocenters. The SMILES string of the molecule is C=CC1C(O)C(C=C)C2OC12. The van der Waals surface area contributed by atoms with Crippen LogP contribution in [0.3, 0.4) is 0 Å². The summed E-state index contributed by atoms with van der Waals surface area (Å²) in [5.41, 5.74) is 0. The molecule has 2 nitrogen and oxygen atoms in total. The van der Waals surface area contributed by atoms with Gasteiger partial charge in [-0.3, -0.25) is 0 Å². The number of rotatable bonds is 2. The van der Waals surface area contributed by atoms with Crippen LogP contribution in [0, 0.1) is 11.8 Å². The van der Waals surface area contributed by atoms with Crippen molar-refractivity contribution in [3.05, 3.63) is 25.3 Å². The average Bonchev–Trinajstić information content (AvgIpc) is 2.68. The van der Waals surface area contributed by atoms with Crippen molar-refractivity contribution in [2.24, 2.45) is 11.8 Å². The minimum atomic E-state index is -0.325. The predicted molar refractivity (Wildman–Crippen MR) is 42.0 cm³/mol. The Balaban J connectivity index is 2.17. The fourth-order valence-corrected chi connectivity index (χ4v) is 1.95. The Morgan fingerprint density at radius 2 is 1.55 bits per heavy atom. The minimum absolute atomic E-state index is 0.114. The fourth-order valence-electron chi connectivity index (χ4n) is 1.95. The van der Waals surface area contributed by atoms with Gasteiger partial charge < -0.3 is 9.84 Å². The Labute approximate surface area is 66.2 Å². The van der Waals surface area contributed by atoms with Crippen molar-refractivity contribution < 1.29 is 9.84 Å². The molecular formula is C9H12O2. The third kappa shape index (κ3) is 0.798. The van der Waals surface area contributed by atoms with Gasteiger partial charge in [-0.1, -0.05) is 12.2 Å². The highest BCUT2D eigenvalue weighted by molar-refractivity contribution is 5.16. The topological polar surface area (TPSA) is 32.8 Å². The molecule has 60 valence electrons. The first-order valence-corrected chi connectivity index (χ1v) is 3.88. The van der Waals surface area contributed by atoms with E-state index in [1.165, 1.54) is 0 Å². The molecule has 1 heterocycles. The van der Waals surface area contributed by atoms with E-state index in [1.807, 2.05) is 0 Å². The van der Waals surface area contributed by atoms with E-state index in [-0.39, 0.29) is 30.1 Å². The summed E-state index contributed by atoms with van der Waals surface area (Å²) in [5, 5.41) is 9.63. The lowest BCUT2D eigenvalue weighted by atomic mass is 9.99. The first-order chi connectivity index (χ1) is 5.29. The summed E-state index contributed by atoms with van der Waals surface area (Å²) in [7, 11) is 0. The van der Waals surface area contributed by atoms with Crippen LogP contribution in [-0.4, -0.2) is 23.4 Å². The van der Waals surface area contributed by atoms with Gasteiger partial charge in [0, 0.05) is 11.8 Å². The van der Waals surface area contributed by atoms with E-state index in [2.05, 4.69) is 13.2 Å². The molecule has 2 fully saturated rings. The van der Waals surface area contributed by atoms with Crippen molar-refractivity contribution in [2.45, 2.75) is 18.3 Å². The second kappa shape index (κ2) is 2.19. The molecule has 0 spiro atoms. The van der Waals surface area contributed by atoms with Gasteiger partial charge in [0.05, 0.1) is 18.3 Å². The van der Waals surface area contributed by atoms with Crippen LogP contribution >= 0.6 is 0 Å². The van der Waals surface area contributed by atoms with Crippen LogP contribution < -0.4 is 0 Å². The van der Waals surface area contributed by atoms with Crippen LogP contribution in [0.5, 0.6) is 0 Å². The number of epoxide rings is 1. The van der Waals surface area contributed by atoms with E-state index in [9.17, 15) is 5.11 Å². The number of fused-ring (bicyclic) bond motifs is 1. The molecule has 2 aliphatic rings. The fraction of sp³-hybridized carbons (Fsp3) is 0.556. The lowest BCUT2D eigenvalue weighted by Crippen LogP contribution is -2.24. The Morgan fingerprint density at radius 3 is 1.82 bits per heavy atom. The number of ether oxygens (including phenoxy) is 1. The van der Waals surface area contributed by atoms with Gasteiger partial charge in [0.25, 0.3) is 0 Å². The molecule has 1 saturated heterocycles. The lowest BCUT2D eigenvalue weighted by molar-refractivity contribution is 0.0652. The van der Waals surface area contributed by atoms with Crippen molar-refractivity contribution in [1.29, 1.82) is 0 Å². The Hall–Kier alpha value is -0.600. The molecule has 1 aliphatic carbocycles. The monoisotopic (exact) mass is 152 g/mol. The second-order valence-electron chi connectivity index (χ2n) is 3.18. The molecule has 1 aliphatic heterocycles. The zero-order valence-electron chi connectivity index (χ0n) is 6.31.